The van der Waals surface area contributed by atoms with E-state index < -0.39 is 16.8 Å². The highest BCUT2D eigenvalue weighted by Gasteiger charge is 2.48. The molecule has 2 atom stereocenters. The highest BCUT2D eigenvalue weighted by molar-refractivity contribution is 8.05. The van der Waals surface area contributed by atoms with Crippen LogP contribution in [0.5, 0.6) is 0 Å². The Morgan fingerprint density at radius 2 is 2.14 bits per heavy atom. The predicted molar refractivity (Wildman–Crippen MR) is 109 cm³/mol. The van der Waals surface area contributed by atoms with Gasteiger partial charge in [0, 0.05) is 29.0 Å². The van der Waals surface area contributed by atoms with E-state index in [4.69, 9.17) is 0 Å². The molecule has 4 rings (SSSR count). The van der Waals surface area contributed by atoms with Gasteiger partial charge in [-0.3, -0.25) is 0 Å². The summed E-state index contributed by atoms with van der Waals surface area (Å²) >= 11 is 1.49. The summed E-state index contributed by atoms with van der Waals surface area (Å²) in [6.45, 7) is 1.05. The van der Waals surface area contributed by atoms with Gasteiger partial charge >= 0.3 is 11.9 Å². The Hall–Kier alpha value is -2.25. The second kappa shape index (κ2) is 7.29. The molecule has 1 saturated heterocycles. The highest BCUT2D eigenvalue weighted by Crippen LogP contribution is 2.53. The van der Waals surface area contributed by atoms with E-state index in [-0.39, 0.29) is 5.57 Å². The molecular formula is C21H24N2O4S. The minimum atomic E-state index is -1.23. The molecule has 6 nitrogen and oxygen atoms in total. The molecule has 1 fully saturated rings. The molecule has 1 aromatic rings. The summed E-state index contributed by atoms with van der Waals surface area (Å²) in [4.78, 5) is 25.9. The fourth-order valence-electron chi connectivity index (χ4n) is 4.55. The van der Waals surface area contributed by atoms with Crippen molar-refractivity contribution in [1.82, 2.24) is 10.2 Å². The van der Waals surface area contributed by atoms with Crippen molar-refractivity contribution in [3.63, 3.8) is 0 Å². The molecule has 3 N–H and O–H groups in total. The first-order valence-electron chi connectivity index (χ1n) is 9.57. The molecule has 7 heteroatoms. The Balaban J connectivity index is 1.66. The van der Waals surface area contributed by atoms with Crippen LogP contribution in [0.1, 0.15) is 36.8 Å². The molecule has 28 heavy (non-hydrogen) atoms. The van der Waals surface area contributed by atoms with Crippen molar-refractivity contribution < 1.29 is 19.8 Å². The number of likely N-dealkylation sites (tertiary alicyclic amines) is 1. The molecule has 0 saturated carbocycles. The van der Waals surface area contributed by atoms with Gasteiger partial charge < -0.3 is 20.4 Å². The Morgan fingerprint density at radius 1 is 1.36 bits per heavy atom. The number of carboxylic acids is 2. The minimum absolute atomic E-state index is 0.0856. The van der Waals surface area contributed by atoms with Crippen molar-refractivity contribution >= 4 is 29.4 Å². The highest BCUT2D eigenvalue weighted by atomic mass is 32.2. The van der Waals surface area contributed by atoms with Crippen LogP contribution in [-0.2, 0) is 16.0 Å². The van der Waals surface area contributed by atoms with Crippen molar-refractivity contribution in [3.8, 4) is 0 Å². The lowest BCUT2D eigenvalue weighted by atomic mass is 9.96. The number of rotatable bonds is 6. The molecule has 2 aliphatic heterocycles. The number of thioether (sulfide) groups is 1. The third-order valence-corrected chi connectivity index (χ3v) is 7.44. The number of nitrogens with zero attached hydrogens (tertiary/aromatic N) is 1. The van der Waals surface area contributed by atoms with E-state index in [1.807, 2.05) is 18.2 Å². The van der Waals surface area contributed by atoms with Crippen molar-refractivity contribution in [2.24, 2.45) is 0 Å². The van der Waals surface area contributed by atoms with E-state index >= 15 is 0 Å². The van der Waals surface area contributed by atoms with Gasteiger partial charge in [0.25, 0.3) is 0 Å². The number of hydrogen-bond donors (Lipinski definition) is 3. The second-order valence-electron chi connectivity index (χ2n) is 7.70. The topological polar surface area (TPSA) is 89.9 Å². The third kappa shape index (κ3) is 3.33. The van der Waals surface area contributed by atoms with Crippen LogP contribution < -0.4 is 5.32 Å². The zero-order chi connectivity index (χ0) is 19.9. The van der Waals surface area contributed by atoms with Crippen molar-refractivity contribution in [2.45, 2.75) is 43.0 Å². The number of aliphatic carboxylic acids is 2. The average Bonchev–Trinajstić information content (AvgIpc) is 3.30. The predicted octanol–water partition coefficient (Wildman–Crippen LogP) is 2.91. The Kier molecular flexibility index (Phi) is 4.97. The van der Waals surface area contributed by atoms with Gasteiger partial charge in [0.1, 0.15) is 4.87 Å². The average molecular weight is 401 g/mol. The Labute approximate surface area is 168 Å². The zero-order valence-corrected chi connectivity index (χ0v) is 16.6. The summed E-state index contributed by atoms with van der Waals surface area (Å²) in [7, 11) is 2.10. The molecule has 2 heterocycles. The van der Waals surface area contributed by atoms with Crippen molar-refractivity contribution in [3.05, 3.63) is 51.9 Å². The fraction of sp³-hybridized carbons (Fsp3) is 0.429. The molecule has 0 spiro atoms. The molecule has 1 aromatic carbocycles. The Morgan fingerprint density at radius 3 is 2.82 bits per heavy atom. The number of fused-ring (bicyclic) bond motifs is 2. The molecule has 1 aliphatic carbocycles. The number of carboxylic acid groups (broad SMARTS) is 2. The van der Waals surface area contributed by atoms with Gasteiger partial charge in [-0.2, -0.15) is 0 Å². The standard InChI is InChI=1S/C21H24N2O4S/c1-23-10-4-6-14(23)8-9-21(16(20(26)27)12-18(24)25)22-19-15-7-3-2-5-13(15)11-17(19)28-21/h2-3,5,7,12,14,22H,4,6,8-11H2,1H3,(H,24,25)(H,26,27)/b16-12-. The molecule has 148 valence electrons. The van der Waals surface area contributed by atoms with Gasteiger partial charge in [0.2, 0.25) is 0 Å². The van der Waals surface area contributed by atoms with Gasteiger partial charge in [0.05, 0.1) is 11.3 Å². The maximum Gasteiger partial charge on any atom is 0.335 e. The van der Waals surface area contributed by atoms with Crippen LogP contribution in [0, 0.1) is 0 Å². The van der Waals surface area contributed by atoms with Crippen molar-refractivity contribution in [1.29, 1.82) is 0 Å². The molecule has 0 bridgehead atoms. The van der Waals surface area contributed by atoms with Crippen LogP contribution in [0.25, 0.3) is 5.70 Å². The molecule has 0 aromatic heterocycles. The Bertz CT molecular complexity index is 894. The summed E-state index contributed by atoms with van der Waals surface area (Å²) in [5.74, 6) is -2.42. The van der Waals surface area contributed by atoms with Crippen LogP contribution in [0.3, 0.4) is 0 Å². The van der Waals surface area contributed by atoms with Crippen molar-refractivity contribution in [2.75, 3.05) is 13.6 Å². The van der Waals surface area contributed by atoms with Crippen LogP contribution in [-0.4, -0.2) is 51.6 Å². The first-order valence-corrected chi connectivity index (χ1v) is 10.4. The number of carbonyl (C=O) groups is 2. The lowest BCUT2D eigenvalue weighted by Crippen LogP contribution is -2.44. The first-order chi connectivity index (χ1) is 13.4. The van der Waals surface area contributed by atoms with E-state index in [2.05, 4.69) is 23.3 Å². The van der Waals surface area contributed by atoms with Gasteiger partial charge in [-0.25, -0.2) is 9.59 Å². The summed E-state index contributed by atoms with van der Waals surface area (Å²) in [5, 5.41) is 22.6. The minimum Gasteiger partial charge on any atom is -0.478 e. The first kappa shape index (κ1) is 19.1. The third-order valence-electron chi connectivity index (χ3n) is 5.98. The smallest absolute Gasteiger partial charge is 0.335 e. The molecule has 0 amide bonds. The second-order valence-corrected chi connectivity index (χ2v) is 9.10. The summed E-state index contributed by atoms with van der Waals surface area (Å²) in [5.41, 5.74) is 3.18. The maximum atomic E-state index is 12.0. The van der Waals surface area contributed by atoms with E-state index in [0.29, 0.717) is 12.5 Å². The fourth-order valence-corrected chi connectivity index (χ4v) is 6.09. The summed E-state index contributed by atoms with van der Waals surface area (Å²) in [6.07, 6.45) is 5.24. The molecular weight excluding hydrogens is 376 g/mol. The molecule has 2 unspecified atom stereocenters. The number of benzene rings is 1. The van der Waals surface area contributed by atoms with Crippen LogP contribution in [0.2, 0.25) is 0 Å². The lowest BCUT2D eigenvalue weighted by Gasteiger charge is -2.33. The summed E-state index contributed by atoms with van der Waals surface area (Å²) in [6, 6.07) is 8.49. The van der Waals surface area contributed by atoms with Crippen LogP contribution in [0.4, 0.5) is 0 Å². The number of allylic oxidation sites excluding steroid dienone is 1. The monoisotopic (exact) mass is 400 g/mol. The summed E-state index contributed by atoms with van der Waals surface area (Å²) < 4.78 is 0. The molecule has 3 aliphatic rings. The van der Waals surface area contributed by atoms with Gasteiger partial charge in [-0.1, -0.05) is 36.0 Å². The van der Waals surface area contributed by atoms with Crippen LogP contribution in [0.15, 0.2) is 40.8 Å². The van der Waals surface area contributed by atoms with Gasteiger partial charge in [-0.05, 0) is 44.8 Å². The largest absolute Gasteiger partial charge is 0.478 e. The van der Waals surface area contributed by atoms with E-state index in [1.54, 1.807) is 0 Å². The maximum absolute atomic E-state index is 12.0. The van der Waals surface area contributed by atoms with Crippen LogP contribution >= 0.6 is 11.8 Å². The zero-order valence-electron chi connectivity index (χ0n) is 15.8. The SMILES string of the molecule is CN1CCCC1CCC1(/C(=C\C(=O)O)C(=O)O)NC2=C(Cc3ccccc32)S1. The van der Waals surface area contributed by atoms with E-state index in [9.17, 15) is 19.8 Å². The van der Waals surface area contributed by atoms with Gasteiger partial charge in [0.15, 0.2) is 0 Å². The molecule has 0 radical (unpaired) electrons. The lowest BCUT2D eigenvalue weighted by molar-refractivity contribution is -0.135. The van der Waals surface area contributed by atoms with E-state index in [1.165, 1.54) is 17.3 Å². The van der Waals surface area contributed by atoms with E-state index in [0.717, 1.165) is 54.5 Å². The number of nitrogens with one attached hydrogen (secondary N) is 1. The quantitative estimate of drug-likeness (QED) is 0.633. The van der Waals surface area contributed by atoms with Gasteiger partial charge in [-0.15, -0.1) is 0 Å². The normalized spacial score (nSPS) is 26.9. The number of hydrogen-bond acceptors (Lipinski definition) is 5.